The number of piperidine rings is 1. The van der Waals surface area contributed by atoms with Gasteiger partial charge < -0.3 is 15.0 Å². The third-order valence-corrected chi connectivity index (χ3v) is 4.19. The highest BCUT2D eigenvalue weighted by atomic mass is 16.5. The maximum atomic E-state index is 11.7. The predicted molar refractivity (Wildman–Crippen MR) is 79.3 cm³/mol. The van der Waals surface area contributed by atoms with Gasteiger partial charge in [-0.1, -0.05) is 6.07 Å². The van der Waals surface area contributed by atoms with Crippen LogP contribution in [-0.4, -0.2) is 32.1 Å². The van der Waals surface area contributed by atoms with Crippen LogP contribution >= 0.6 is 0 Å². The molecule has 2 heterocycles. The Morgan fingerprint density at radius 1 is 1.50 bits per heavy atom. The minimum Gasteiger partial charge on any atom is -0.490 e. The quantitative estimate of drug-likeness (QED) is 0.896. The molecule has 1 aromatic carbocycles. The number of nitrogens with one attached hydrogen (secondary N) is 1. The molecule has 2 aliphatic heterocycles. The first-order valence-electron chi connectivity index (χ1n) is 7.48. The summed E-state index contributed by atoms with van der Waals surface area (Å²) in [5.41, 5.74) is 2.24. The monoisotopic (exact) mass is 274 g/mol. The van der Waals surface area contributed by atoms with Crippen LogP contribution in [-0.2, 0) is 11.2 Å². The third-order valence-electron chi connectivity index (χ3n) is 4.19. The number of carbonyl (C=O) groups excluding carboxylic acids is 1. The van der Waals surface area contributed by atoms with E-state index in [2.05, 4.69) is 17.4 Å². The fraction of sp³-hybridized carbons (Fsp3) is 0.562. The van der Waals surface area contributed by atoms with Crippen LogP contribution in [0, 0.1) is 5.92 Å². The second-order valence-corrected chi connectivity index (χ2v) is 5.74. The summed E-state index contributed by atoms with van der Waals surface area (Å²) in [4.78, 5) is 13.5. The number of carbonyl (C=O) groups is 1. The molecular weight excluding hydrogens is 252 g/mol. The molecule has 4 nitrogen and oxygen atoms in total. The van der Waals surface area contributed by atoms with Crippen molar-refractivity contribution < 1.29 is 9.53 Å². The topological polar surface area (TPSA) is 41.6 Å². The lowest BCUT2D eigenvalue weighted by molar-refractivity contribution is -0.116. The van der Waals surface area contributed by atoms with Crippen LogP contribution in [0.2, 0.25) is 0 Å². The average molecular weight is 274 g/mol. The number of ether oxygens (including phenoxy) is 1. The first kappa shape index (κ1) is 13.4. The molecule has 0 aliphatic carbocycles. The highest BCUT2D eigenvalue weighted by Crippen LogP contribution is 2.33. The van der Waals surface area contributed by atoms with Crippen molar-refractivity contribution in [2.24, 2.45) is 5.92 Å². The zero-order valence-corrected chi connectivity index (χ0v) is 12.0. The van der Waals surface area contributed by atoms with E-state index in [1.165, 1.54) is 18.4 Å². The number of benzene rings is 1. The van der Waals surface area contributed by atoms with Crippen LogP contribution < -0.4 is 15.0 Å². The molecule has 1 amide bonds. The maximum Gasteiger partial charge on any atom is 0.224 e. The SMILES string of the molecule is CC(=O)N1CCOc2ccc(CC3CCCNC3)cc21. The molecule has 0 spiro atoms. The molecule has 0 bridgehead atoms. The van der Waals surface area contributed by atoms with E-state index in [0.717, 1.165) is 30.9 Å². The van der Waals surface area contributed by atoms with E-state index >= 15 is 0 Å². The molecule has 20 heavy (non-hydrogen) atoms. The van der Waals surface area contributed by atoms with Gasteiger partial charge in [0.05, 0.1) is 12.2 Å². The molecule has 0 aromatic heterocycles. The molecule has 4 heteroatoms. The number of fused-ring (bicyclic) bond motifs is 1. The van der Waals surface area contributed by atoms with E-state index in [1.54, 1.807) is 6.92 Å². The molecule has 1 unspecified atom stereocenters. The van der Waals surface area contributed by atoms with Crippen LogP contribution in [0.1, 0.15) is 25.3 Å². The Labute approximate surface area is 120 Å². The van der Waals surface area contributed by atoms with E-state index in [4.69, 9.17) is 4.74 Å². The Morgan fingerprint density at radius 2 is 2.40 bits per heavy atom. The van der Waals surface area contributed by atoms with Gasteiger partial charge in [-0.3, -0.25) is 4.79 Å². The lowest BCUT2D eigenvalue weighted by atomic mass is 9.92. The molecule has 2 aliphatic rings. The standard InChI is InChI=1S/C16H22N2O2/c1-12(19)18-7-8-20-16-5-4-13(10-15(16)18)9-14-3-2-6-17-11-14/h4-5,10,14,17H,2-3,6-9,11H2,1H3. The Balaban J connectivity index is 1.79. The highest BCUT2D eigenvalue weighted by molar-refractivity contribution is 5.93. The van der Waals surface area contributed by atoms with Gasteiger partial charge in [0.2, 0.25) is 5.91 Å². The smallest absolute Gasteiger partial charge is 0.224 e. The molecule has 3 rings (SSSR count). The lowest BCUT2D eigenvalue weighted by Gasteiger charge is -2.29. The van der Waals surface area contributed by atoms with Crippen LogP contribution in [0.5, 0.6) is 5.75 Å². The number of rotatable bonds is 2. The maximum absolute atomic E-state index is 11.7. The molecule has 0 saturated carbocycles. The summed E-state index contributed by atoms with van der Waals surface area (Å²) in [6, 6.07) is 6.28. The zero-order valence-electron chi connectivity index (χ0n) is 12.0. The van der Waals surface area contributed by atoms with Gasteiger partial charge in [0.25, 0.3) is 0 Å². The van der Waals surface area contributed by atoms with Gasteiger partial charge in [-0.2, -0.15) is 0 Å². The van der Waals surface area contributed by atoms with Gasteiger partial charge in [-0.25, -0.2) is 0 Å². The largest absolute Gasteiger partial charge is 0.490 e. The molecule has 0 radical (unpaired) electrons. The fourth-order valence-electron chi connectivity index (χ4n) is 3.15. The van der Waals surface area contributed by atoms with E-state index in [1.807, 2.05) is 11.0 Å². The number of nitrogens with zero attached hydrogens (tertiary/aromatic N) is 1. The van der Waals surface area contributed by atoms with Crippen molar-refractivity contribution in [1.29, 1.82) is 0 Å². The Hall–Kier alpha value is -1.55. The summed E-state index contributed by atoms with van der Waals surface area (Å²) in [5, 5.41) is 3.46. The van der Waals surface area contributed by atoms with Crippen LogP contribution in [0.15, 0.2) is 18.2 Å². The van der Waals surface area contributed by atoms with Gasteiger partial charge >= 0.3 is 0 Å². The molecule has 1 N–H and O–H groups in total. The normalized spacial score (nSPS) is 22.1. The molecular formula is C16H22N2O2. The van der Waals surface area contributed by atoms with Crippen molar-refractivity contribution >= 4 is 11.6 Å². The third kappa shape index (κ3) is 2.80. The summed E-state index contributed by atoms with van der Waals surface area (Å²) in [7, 11) is 0. The fourth-order valence-corrected chi connectivity index (χ4v) is 3.15. The average Bonchev–Trinajstić information content (AvgIpc) is 2.47. The van der Waals surface area contributed by atoms with Crippen molar-refractivity contribution in [1.82, 2.24) is 5.32 Å². The van der Waals surface area contributed by atoms with Crippen molar-refractivity contribution in [2.45, 2.75) is 26.2 Å². The number of anilines is 1. The zero-order chi connectivity index (χ0) is 13.9. The van der Waals surface area contributed by atoms with Crippen LogP contribution in [0.3, 0.4) is 0 Å². The Morgan fingerprint density at radius 3 is 3.15 bits per heavy atom. The van der Waals surface area contributed by atoms with Crippen molar-refractivity contribution in [2.75, 3.05) is 31.1 Å². The van der Waals surface area contributed by atoms with Gasteiger partial charge in [0.15, 0.2) is 0 Å². The molecule has 1 aromatic rings. The molecule has 1 saturated heterocycles. The molecule has 1 atom stereocenters. The first-order chi connectivity index (χ1) is 9.74. The van der Waals surface area contributed by atoms with E-state index < -0.39 is 0 Å². The summed E-state index contributed by atoms with van der Waals surface area (Å²) in [6.45, 7) is 5.10. The Kier molecular flexibility index (Phi) is 3.92. The first-order valence-corrected chi connectivity index (χ1v) is 7.48. The highest BCUT2D eigenvalue weighted by Gasteiger charge is 2.22. The predicted octanol–water partition coefficient (Wildman–Crippen LogP) is 1.97. The second kappa shape index (κ2) is 5.83. The van der Waals surface area contributed by atoms with Gasteiger partial charge in [0, 0.05) is 6.92 Å². The van der Waals surface area contributed by atoms with Crippen LogP contribution in [0.4, 0.5) is 5.69 Å². The Bertz CT molecular complexity index is 495. The number of amides is 1. The number of hydrogen-bond donors (Lipinski definition) is 1. The van der Waals surface area contributed by atoms with Gasteiger partial charge in [-0.05, 0) is 56.0 Å². The van der Waals surface area contributed by atoms with Crippen molar-refractivity contribution in [3.8, 4) is 5.75 Å². The summed E-state index contributed by atoms with van der Waals surface area (Å²) in [6.07, 6.45) is 3.63. The van der Waals surface area contributed by atoms with Gasteiger partial charge in [-0.15, -0.1) is 0 Å². The van der Waals surface area contributed by atoms with E-state index in [0.29, 0.717) is 19.1 Å². The minimum absolute atomic E-state index is 0.0889. The summed E-state index contributed by atoms with van der Waals surface area (Å²) >= 11 is 0. The van der Waals surface area contributed by atoms with Crippen molar-refractivity contribution in [3.63, 3.8) is 0 Å². The van der Waals surface area contributed by atoms with Crippen LogP contribution in [0.25, 0.3) is 0 Å². The molecule has 108 valence electrons. The minimum atomic E-state index is 0.0889. The summed E-state index contributed by atoms with van der Waals surface area (Å²) in [5.74, 6) is 1.63. The van der Waals surface area contributed by atoms with E-state index in [9.17, 15) is 4.79 Å². The molecule has 1 fully saturated rings. The van der Waals surface area contributed by atoms with Crippen molar-refractivity contribution in [3.05, 3.63) is 23.8 Å². The lowest BCUT2D eigenvalue weighted by Crippen LogP contribution is -2.36. The van der Waals surface area contributed by atoms with Gasteiger partial charge in [0.1, 0.15) is 12.4 Å². The summed E-state index contributed by atoms with van der Waals surface area (Å²) < 4.78 is 5.64. The van der Waals surface area contributed by atoms with E-state index in [-0.39, 0.29) is 5.91 Å². The second-order valence-electron chi connectivity index (χ2n) is 5.74. The number of hydrogen-bond acceptors (Lipinski definition) is 3.